The number of halogens is 1. The second-order valence-electron chi connectivity index (χ2n) is 6.37. The number of rotatable bonds is 6. The van der Waals surface area contributed by atoms with Crippen LogP contribution in [0.2, 0.25) is 0 Å². The number of anilines is 1. The molecule has 1 fully saturated rings. The molecular weight excluding hydrogens is 355 g/mol. The lowest BCUT2D eigenvalue weighted by Gasteiger charge is -2.33. The molecule has 0 spiro atoms. The van der Waals surface area contributed by atoms with Crippen LogP contribution in [0.15, 0.2) is 24.4 Å². The summed E-state index contributed by atoms with van der Waals surface area (Å²) in [6.45, 7) is 5.04. The molecule has 1 aromatic carbocycles. The van der Waals surface area contributed by atoms with Crippen molar-refractivity contribution in [3.8, 4) is 5.75 Å². The van der Waals surface area contributed by atoms with Gasteiger partial charge in [-0.05, 0) is 24.1 Å². The summed E-state index contributed by atoms with van der Waals surface area (Å²) in [5.74, 6) is -0.164. The fourth-order valence-corrected chi connectivity index (χ4v) is 4.00. The molecule has 8 heteroatoms. The van der Waals surface area contributed by atoms with Gasteiger partial charge < -0.3 is 15.4 Å². The van der Waals surface area contributed by atoms with Crippen molar-refractivity contribution in [2.75, 3.05) is 32.1 Å². The van der Waals surface area contributed by atoms with Crippen LogP contribution in [-0.2, 0) is 17.8 Å². The largest absolute Gasteiger partial charge is 0.494 e. The maximum Gasteiger partial charge on any atom is 0.223 e. The quantitative estimate of drug-likeness (QED) is 0.807. The molecule has 2 N–H and O–H groups in total. The van der Waals surface area contributed by atoms with Gasteiger partial charge in [-0.15, -0.1) is 11.3 Å². The number of nitrogens with zero attached hydrogens (tertiary/aromatic N) is 2. The third-order valence-electron chi connectivity index (χ3n) is 4.25. The van der Waals surface area contributed by atoms with Crippen LogP contribution in [0, 0.1) is 5.82 Å². The zero-order valence-corrected chi connectivity index (χ0v) is 15.7. The maximum atomic E-state index is 13.6. The van der Waals surface area contributed by atoms with Crippen molar-refractivity contribution in [2.24, 2.45) is 0 Å². The van der Waals surface area contributed by atoms with E-state index >= 15 is 0 Å². The molecule has 6 nitrogen and oxygen atoms in total. The van der Waals surface area contributed by atoms with Crippen molar-refractivity contribution in [3.63, 3.8) is 0 Å². The predicted molar refractivity (Wildman–Crippen MR) is 100 cm³/mol. The number of carbonyl (C=O) groups excluding carboxylic acids is 1. The lowest BCUT2D eigenvalue weighted by Crippen LogP contribution is -2.51. The SMILES string of the molecule is COc1cc(C[C@@H]2CN(Cc3cnc(NC(C)=O)s3)CCN2)ccc1F. The molecule has 0 radical (unpaired) electrons. The summed E-state index contributed by atoms with van der Waals surface area (Å²) in [6, 6.07) is 5.32. The molecular formula is C18H23FN4O2S. The average molecular weight is 378 g/mol. The number of thiazole rings is 1. The normalized spacial score (nSPS) is 17.9. The lowest BCUT2D eigenvalue weighted by molar-refractivity contribution is -0.114. The van der Waals surface area contributed by atoms with Gasteiger partial charge in [0.1, 0.15) is 0 Å². The first-order valence-corrected chi connectivity index (χ1v) is 9.35. The van der Waals surface area contributed by atoms with Crippen molar-refractivity contribution < 1.29 is 13.9 Å². The van der Waals surface area contributed by atoms with Crippen LogP contribution in [0.5, 0.6) is 5.75 Å². The molecule has 0 unspecified atom stereocenters. The van der Waals surface area contributed by atoms with E-state index in [1.807, 2.05) is 6.20 Å². The topological polar surface area (TPSA) is 66.5 Å². The Hall–Kier alpha value is -2.03. The average Bonchev–Trinajstić information content (AvgIpc) is 3.03. The number of aromatic nitrogens is 1. The summed E-state index contributed by atoms with van der Waals surface area (Å²) in [4.78, 5) is 18.8. The van der Waals surface area contributed by atoms with Gasteiger partial charge in [-0.3, -0.25) is 9.69 Å². The van der Waals surface area contributed by atoms with Crippen LogP contribution in [0.25, 0.3) is 0 Å². The number of methoxy groups -OCH3 is 1. The van der Waals surface area contributed by atoms with Gasteiger partial charge in [-0.2, -0.15) is 0 Å². The van der Waals surface area contributed by atoms with Gasteiger partial charge in [-0.25, -0.2) is 9.37 Å². The van der Waals surface area contributed by atoms with E-state index in [4.69, 9.17) is 4.74 Å². The van der Waals surface area contributed by atoms with Gasteiger partial charge in [0.05, 0.1) is 7.11 Å². The monoisotopic (exact) mass is 378 g/mol. The Morgan fingerprint density at radius 3 is 3.15 bits per heavy atom. The molecule has 0 saturated carbocycles. The molecule has 140 valence electrons. The minimum absolute atomic E-state index is 0.108. The third-order valence-corrected chi connectivity index (χ3v) is 5.15. The second kappa shape index (κ2) is 8.57. The highest BCUT2D eigenvalue weighted by Gasteiger charge is 2.21. The van der Waals surface area contributed by atoms with Crippen LogP contribution in [0.1, 0.15) is 17.4 Å². The van der Waals surface area contributed by atoms with E-state index in [0.717, 1.165) is 43.0 Å². The highest BCUT2D eigenvalue weighted by Crippen LogP contribution is 2.22. The molecule has 2 heterocycles. The lowest BCUT2D eigenvalue weighted by atomic mass is 10.0. The van der Waals surface area contributed by atoms with E-state index < -0.39 is 0 Å². The standard InChI is InChI=1S/C18H23FN4O2S/c1-12(24)22-18-21-9-15(26-18)11-23-6-5-20-14(10-23)7-13-3-4-16(19)17(8-13)25-2/h3-4,8-9,14,20H,5-7,10-11H2,1-2H3,(H,21,22,24)/t14-/m1/s1. The Bertz CT molecular complexity index is 767. The Kier molecular flexibility index (Phi) is 6.18. The van der Waals surface area contributed by atoms with E-state index in [1.165, 1.54) is 31.4 Å². The number of hydrogen-bond donors (Lipinski definition) is 2. The summed E-state index contributed by atoms with van der Waals surface area (Å²) in [6.07, 6.45) is 2.63. The van der Waals surface area contributed by atoms with E-state index in [-0.39, 0.29) is 17.5 Å². The molecule has 1 aromatic heterocycles. The molecule has 2 aromatic rings. The Morgan fingerprint density at radius 1 is 1.54 bits per heavy atom. The predicted octanol–water partition coefficient (Wildman–Crippen LogP) is 2.27. The second-order valence-corrected chi connectivity index (χ2v) is 7.49. The molecule has 1 aliphatic rings. The first-order chi connectivity index (χ1) is 12.5. The summed E-state index contributed by atoms with van der Waals surface area (Å²) >= 11 is 1.50. The first-order valence-electron chi connectivity index (χ1n) is 8.54. The van der Waals surface area contributed by atoms with Crippen molar-refractivity contribution in [1.82, 2.24) is 15.2 Å². The molecule has 1 amide bonds. The smallest absolute Gasteiger partial charge is 0.223 e. The molecule has 1 saturated heterocycles. The fourth-order valence-electron chi connectivity index (χ4n) is 3.10. The van der Waals surface area contributed by atoms with Gasteiger partial charge in [-0.1, -0.05) is 6.07 Å². The van der Waals surface area contributed by atoms with Gasteiger partial charge in [0.2, 0.25) is 5.91 Å². The summed E-state index contributed by atoms with van der Waals surface area (Å²) < 4.78 is 18.6. The number of nitrogens with one attached hydrogen (secondary N) is 2. The van der Waals surface area contributed by atoms with Crippen LogP contribution in [0.4, 0.5) is 9.52 Å². The van der Waals surface area contributed by atoms with E-state index in [0.29, 0.717) is 11.2 Å². The maximum absolute atomic E-state index is 13.6. The number of hydrogen-bond acceptors (Lipinski definition) is 6. The van der Waals surface area contributed by atoms with Crippen molar-refractivity contribution in [1.29, 1.82) is 0 Å². The first kappa shape index (κ1) is 18.8. The highest BCUT2D eigenvalue weighted by molar-refractivity contribution is 7.15. The van der Waals surface area contributed by atoms with Crippen LogP contribution >= 0.6 is 11.3 Å². The zero-order valence-electron chi connectivity index (χ0n) is 14.9. The van der Waals surface area contributed by atoms with Crippen LogP contribution in [-0.4, -0.2) is 48.6 Å². The molecule has 26 heavy (non-hydrogen) atoms. The molecule has 1 atom stereocenters. The highest BCUT2D eigenvalue weighted by atomic mass is 32.1. The Morgan fingerprint density at radius 2 is 2.38 bits per heavy atom. The van der Waals surface area contributed by atoms with Crippen molar-refractivity contribution in [2.45, 2.75) is 25.9 Å². The van der Waals surface area contributed by atoms with E-state index in [1.54, 1.807) is 12.1 Å². The van der Waals surface area contributed by atoms with E-state index in [2.05, 4.69) is 20.5 Å². The number of benzene rings is 1. The van der Waals surface area contributed by atoms with Gasteiger partial charge >= 0.3 is 0 Å². The van der Waals surface area contributed by atoms with Crippen molar-refractivity contribution >= 4 is 22.4 Å². The molecule has 1 aliphatic heterocycles. The molecule has 0 aliphatic carbocycles. The summed E-state index contributed by atoms with van der Waals surface area (Å²) in [5.41, 5.74) is 1.05. The number of amides is 1. The summed E-state index contributed by atoms with van der Waals surface area (Å²) in [7, 11) is 1.48. The van der Waals surface area contributed by atoms with Crippen LogP contribution < -0.4 is 15.4 Å². The minimum atomic E-state index is -0.338. The number of piperazine rings is 1. The van der Waals surface area contributed by atoms with Crippen LogP contribution in [0.3, 0.4) is 0 Å². The van der Waals surface area contributed by atoms with Gasteiger partial charge in [0.15, 0.2) is 16.7 Å². The Balaban J connectivity index is 1.57. The zero-order chi connectivity index (χ0) is 18.5. The van der Waals surface area contributed by atoms with Gasteiger partial charge in [0.25, 0.3) is 0 Å². The van der Waals surface area contributed by atoms with E-state index in [9.17, 15) is 9.18 Å². The minimum Gasteiger partial charge on any atom is -0.494 e. The third kappa shape index (κ3) is 5.00. The summed E-state index contributed by atoms with van der Waals surface area (Å²) in [5, 5.41) is 6.87. The fraction of sp³-hybridized carbons (Fsp3) is 0.444. The van der Waals surface area contributed by atoms with Crippen molar-refractivity contribution in [3.05, 3.63) is 40.7 Å². The number of ether oxygens (including phenoxy) is 1. The number of carbonyl (C=O) groups is 1. The van der Waals surface area contributed by atoms with Gasteiger partial charge in [0, 0.05) is 50.2 Å². The molecule has 0 bridgehead atoms. The molecule has 3 rings (SSSR count). The Labute approximate surface area is 156 Å².